The van der Waals surface area contributed by atoms with Gasteiger partial charge >= 0.3 is 0 Å². The first-order valence-corrected chi connectivity index (χ1v) is 9.54. The van der Waals surface area contributed by atoms with E-state index in [2.05, 4.69) is 0 Å². The summed E-state index contributed by atoms with van der Waals surface area (Å²) in [7, 11) is 6.35. The van der Waals surface area contributed by atoms with Crippen LogP contribution in [0.1, 0.15) is 30.0 Å². The highest BCUT2D eigenvalue weighted by molar-refractivity contribution is 5.92. The summed E-state index contributed by atoms with van der Waals surface area (Å²) in [6.45, 7) is 0.745. The first-order valence-electron chi connectivity index (χ1n) is 9.54. The fourth-order valence-corrected chi connectivity index (χ4v) is 3.66. The van der Waals surface area contributed by atoms with Gasteiger partial charge in [-0.1, -0.05) is 12.1 Å². The third kappa shape index (κ3) is 4.47. The van der Waals surface area contributed by atoms with Crippen LogP contribution in [0.4, 0.5) is 0 Å². The maximum Gasteiger partial charge on any atom is 0.247 e. The molecule has 0 N–H and O–H groups in total. The number of methoxy groups -OCH3 is 4. The monoisotopic (exact) mass is 397 g/mol. The van der Waals surface area contributed by atoms with Crippen molar-refractivity contribution in [1.29, 1.82) is 0 Å². The van der Waals surface area contributed by atoms with Crippen molar-refractivity contribution >= 4 is 12.0 Å². The van der Waals surface area contributed by atoms with Gasteiger partial charge in [-0.2, -0.15) is 0 Å². The predicted octanol–water partition coefficient (Wildman–Crippen LogP) is 4.10. The van der Waals surface area contributed by atoms with E-state index in [-0.39, 0.29) is 11.9 Å². The summed E-state index contributed by atoms with van der Waals surface area (Å²) in [5.41, 5.74) is 1.92. The molecule has 1 atom stereocenters. The zero-order chi connectivity index (χ0) is 20.8. The number of ether oxygens (including phenoxy) is 4. The average Bonchev–Trinajstić information content (AvgIpc) is 3.26. The summed E-state index contributed by atoms with van der Waals surface area (Å²) in [5.74, 6) is 2.43. The molecule has 29 heavy (non-hydrogen) atoms. The Labute approximate surface area is 171 Å². The Morgan fingerprint density at radius 1 is 0.966 bits per heavy atom. The number of carbonyl (C=O) groups excluding carboxylic acids is 1. The summed E-state index contributed by atoms with van der Waals surface area (Å²) in [5, 5.41) is 0. The van der Waals surface area contributed by atoms with E-state index >= 15 is 0 Å². The number of likely N-dealkylation sites (tertiary alicyclic amines) is 1. The van der Waals surface area contributed by atoms with Gasteiger partial charge in [0.2, 0.25) is 11.7 Å². The summed E-state index contributed by atoms with van der Waals surface area (Å²) in [6.07, 6.45) is 5.31. The molecule has 1 heterocycles. The molecular formula is C23H27NO5. The van der Waals surface area contributed by atoms with Crippen LogP contribution in [0.2, 0.25) is 0 Å². The van der Waals surface area contributed by atoms with Crippen LogP contribution < -0.4 is 18.9 Å². The number of hydrogen-bond acceptors (Lipinski definition) is 5. The molecule has 2 aromatic rings. The minimum atomic E-state index is -0.0166. The van der Waals surface area contributed by atoms with Crippen LogP contribution in [0.15, 0.2) is 42.5 Å². The maximum absolute atomic E-state index is 12.9. The van der Waals surface area contributed by atoms with Crippen LogP contribution >= 0.6 is 0 Å². The molecule has 0 radical (unpaired) electrons. The highest BCUT2D eigenvalue weighted by Gasteiger charge is 2.28. The molecule has 0 aliphatic carbocycles. The molecule has 0 spiro atoms. The minimum Gasteiger partial charge on any atom is -0.497 e. The lowest BCUT2D eigenvalue weighted by atomic mass is 10.0. The van der Waals surface area contributed by atoms with Crippen molar-refractivity contribution in [1.82, 2.24) is 4.90 Å². The Morgan fingerprint density at radius 3 is 2.17 bits per heavy atom. The zero-order valence-corrected chi connectivity index (χ0v) is 17.3. The van der Waals surface area contributed by atoms with E-state index in [4.69, 9.17) is 18.9 Å². The van der Waals surface area contributed by atoms with Crippen LogP contribution in [0, 0.1) is 0 Å². The number of benzene rings is 2. The van der Waals surface area contributed by atoms with Gasteiger partial charge in [-0.05, 0) is 54.3 Å². The van der Waals surface area contributed by atoms with Gasteiger partial charge in [0.15, 0.2) is 11.5 Å². The number of nitrogens with zero attached hydrogens (tertiary/aromatic N) is 1. The van der Waals surface area contributed by atoms with E-state index in [0.717, 1.165) is 36.3 Å². The van der Waals surface area contributed by atoms with Gasteiger partial charge in [-0.25, -0.2) is 0 Å². The predicted molar refractivity (Wildman–Crippen MR) is 112 cm³/mol. The molecule has 1 saturated heterocycles. The van der Waals surface area contributed by atoms with Crippen molar-refractivity contribution in [2.45, 2.75) is 18.9 Å². The van der Waals surface area contributed by atoms with E-state index in [9.17, 15) is 4.79 Å². The largest absolute Gasteiger partial charge is 0.497 e. The molecular weight excluding hydrogens is 370 g/mol. The van der Waals surface area contributed by atoms with Gasteiger partial charge < -0.3 is 23.8 Å². The molecule has 1 unspecified atom stereocenters. The average molecular weight is 397 g/mol. The Hall–Kier alpha value is -3.15. The summed E-state index contributed by atoms with van der Waals surface area (Å²) < 4.78 is 21.3. The van der Waals surface area contributed by atoms with Crippen molar-refractivity contribution in [2.24, 2.45) is 0 Å². The fraction of sp³-hybridized carbons (Fsp3) is 0.348. The molecule has 154 valence electrons. The van der Waals surface area contributed by atoms with Crippen LogP contribution in [0.5, 0.6) is 23.0 Å². The van der Waals surface area contributed by atoms with E-state index in [0.29, 0.717) is 17.2 Å². The minimum absolute atomic E-state index is 0.0166. The van der Waals surface area contributed by atoms with Crippen LogP contribution in [0.25, 0.3) is 6.08 Å². The van der Waals surface area contributed by atoms with E-state index < -0.39 is 0 Å². The summed E-state index contributed by atoms with van der Waals surface area (Å²) in [6, 6.07) is 11.6. The molecule has 6 heteroatoms. The van der Waals surface area contributed by atoms with Gasteiger partial charge in [0, 0.05) is 12.6 Å². The van der Waals surface area contributed by atoms with Gasteiger partial charge in [-0.15, -0.1) is 0 Å². The van der Waals surface area contributed by atoms with Crippen molar-refractivity contribution in [3.63, 3.8) is 0 Å². The lowest BCUT2D eigenvalue weighted by Crippen LogP contribution is -2.28. The molecule has 0 aromatic heterocycles. The Morgan fingerprint density at radius 2 is 1.62 bits per heavy atom. The van der Waals surface area contributed by atoms with Crippen molar-refractivity contribution in [3.8, 4) is 23.0 Å². The van der Waals surface area contributed by atoms with E-state index in [1.165, 1.54) is 0 Å². The molecule has 1 aliphatic rings. The van der Waals surface area contributed by atoms with E-state index in [1.54, 1.807) is 40.6 Å². The van der Waals surface area contributed by atoms with Gasteiger partial charge in [-0.3, -0.25) is 4.79 Å². The first kappa shape index (κ1) is 20.6. The number of rotatable bonds is 7. The third-order valence-corrected chi connectivity index (χ3v) is 5.14. The Kier molecular flexibility index (Phi) is 6.65. The zero-order valence-electron chi connectivity index (χ0n) is 17.3. The lowest BCUT2D eigenvalue weighted by molar-refractivity contribution is -0.126. The molecule has 3 rings (SSSR count). The Balaban J connectivity index is 1.79. The van der Waals surface area contributed by atoms with Crippen LogP contribution in [-0.2, 0) is 4.79 Å². The van der Waals surface area contributed by atoms with Crippen LogP contribution in [0.3, 0.4) is 0 Å². The summed E-state index contributed by atoms with van der Waals surface area (Å²) in [4.78, 5) is 14.8. The molecule has 1 amide bonds. The maximum atomic E-state index is 12.9. The fourth-order valence-electron chi connectivity index (χ4n) is 3.66. The van der Waals surface area contributed by atoms with Crippen molar-refractivity contribution in [2.75, 3.05) is 35.0 Å². The SMILES string of the molecule is COc1ccc(C2CCCN2C(=O)C=Cc2cc(OC)c(OC)c(OC)c2)cc1. The van der Waals surface area contributed by atoms with E-state index in [1.807, 2.05) is 41.3 Å². The van der Waals surface area contributed by atoms with Gasteiger partial charge in [0.05, 0.1) is 34.5 Å². The topological polar surface area (TPSA) is 57.2 Å². The number of amides is 1. The Bertz CT molecular complexity index is 850. The van der Waals surface area contributed by atoms with Gasteiger partial charge in [0.1, 0.15) is 5.75 Å². The molecule has 1 fully saturated rings. The second kappa shape index (κ2) is 9.37. The quantitative estimate of drug-likeness (QED) is 0.659. The van der Waals surface area contributed by atoms with Crippen LogP contribution in [-0.4, -0.2) is 45.8 Å². The normalized spacial score (nSPS) is 16.1. The standard InChI is InChI=1S/C23H27NO5/c1-26-18-10-8-17(9-11-18)19-6-5-13-24(19)22(25)12-7-16-14-20(27-2)23(29-4)21(15-16)28-3/h7-12,14-15,19H,5-6,13H2,1-4H3. The highest BCUT2D eigenvalue weighted by Crippen LogP contribution is 2.38. The molecule has 1 aliphatic heterocycles. The smallest absolute Gasteiger partial charge is 0.247 e. The third-order valence-electron chi connectivity index (χ3n) is 5.14. The second-order valence-corrected chi connectivity index (χ2v) is 6.75. The first-order chi connectivity index (χ1) is 14.1. The summed E-state index contributed by atoms with van der Waals surface area (Å²) >= 11 is 0. The number of hydrogen-bond donors (Lipinski definition) is 0. The highest BCUT2D eigenvalue weighted by atomic mass is 16.5. The van der Waals surface area contributed by atoms with Crippen molar-refractivity contribution in [3.05, 3.63) is 53.6 Å². The van der Waals surface area contributed by atoms with Gasteiger partial charge in [0.25, 0.3) is 0 Å². The molecule has 2 aromatic carbocycles. The second-order valence-electron chi connectivity index (χ2n) is 6.75. The van der Waals surface area contributed by atoms with Crippen molar-refractivity contribution < 1.29 is 23.7 Å². The number of carbonyl (C=O) groups is 1. The molecule has 0 saturated carbocycles. The molecule has 0 bridgehead atoms. The molecule has 6 nitrogen and oxygen atoms in total. The lowest BCUT2D eigenvalue weighted by Gasteiger charge is -2.24.